The number of hydrogen-bond donors (Lipinski definition) is 1. The molecule has 0 saturated carbocycles. The molecule has 0 spiro atoms. The molecule has 2 aromatic rings. The van der Waals surface area contributed by atoms with Gasteiger partial charge in [-0.25, -0.2) is 0 Å². The molecule has 8 heteroatoms. The number of nitrogens with one attached hydrogen (secondary N) is 1. The van der Waals surface area contributed by atoms with Crippen LogP contribution in [0.5, 0.6) is 0 Å². The molecule has 0 aliphatic carbocycles. The minimum absolute atomic E-state index is 0.124. The molecule has 8 nitrogen and oxygen atoms in total. The lowest BCUT2D eigenvalue weighted by molar-refractivity contribution is -0.133. The number of carbonyl (C=O) groups excluding carboxylic acids is 2. The summed E-state index contributed by atoms with van der Waals surface area (Å²) in [5.41, 5.74) is 0. The highest BCUT2D eigenvalue weighted by molar-refractivity contribution is 5.91. The van der Waals surface area contributed by atoms with E-state index in [1.165, 1.54) is 0 Å². The van der Waals surface area contributed by atoms with Crippen LogP contribution in [-0.2, 0) is 16.0 Å². The molecular formula is C17H22N4O4. The van der Waals surface area contributed by atoms with Crippen molar-refractivity contribution in [2.24, 2.45) is 0 Å². The first-order valence-corrected chi connectivity index (χ1v) is 8.36. The molecule has 25 heavy (non-hydrogen) atoms. The molecule has 0 atom stereocenters. The highest BCUT2D eigenvalue weighted by Gasteiger charge is 2.22. The van der Waals surface area contributed by atoms with Crippen LogP contribution < -0.4 is 5.32 Å². The normalized spacial score (nSPS) is 15.3. The van der Waals surface area contributed by atoms with Crippen molar-refractivity contribution < 1.29 is 18.5 Å². The Morgan fingerprint density at radius 2 is 2.08 bits per heavy atom. The van der Waals surface area contributed by atoms with Crippen LogP contribution in [0, 0.1) is 6.92 Å². The van der Waals surface area contributed by atoms with E-state index < -0.39 is 0 Å². The molecule has 134 valence electrons. The van der Waals surface area contributed by atoms with Gasteiger partial charge in [0.1, 0.15) is 11.5 Å². The quantitative estimate of drug-likeness (QED) is 0.847. The Morgan fingerprint density at radius 1 is 1.28 bits per heavy atom. The van der Waals surface area contributed by atoms with Crippen molar-refractivity contribution >= 4 is 17.6 Å². The Kier molecular flexibility index (Phi) is 5.49. The van der Waals surface area contributed by atoms with Crippen LogP contribution in [0.1, 0.15) is 17.9 Å². The van der Waals surface area contributed by atoms with Gasteiger partial charge in [-0.05, 0) is 19.1 Å². The van der Waals surface area contributed by atoms with Crippen LogP contribution in [0.2, 0.25) is 0 Å². The number of piperazine rings is 1. The summed E-state index contributed by atoms with van der Waals surface area (Å²) < 4.78 is 10.2. The first-order chi connectivity index (χ1) is 12.1. The van der Waals surface area contributed by atoms with Crippen LogP contribution in [0.15, 0.2) is 33.4 Å². The van der Waals surface area contributed by atoms with E-state index in [4.69, 9.17) is 8.94 Å². The molecule has 1 fully saturated rings. The topological polar surface area (TPSA) is 91.8 Å². The molecule has 0 radical (unpaired) electrons. The summed E-state index contributed by atoms with van der Waals surface area (Å²) in [4.78, 5) is 28.1. The molecule has 0 bridgehead atoms. The highest BCUT2D eigenvalue weighted by Crippen LogP contribution is 2.10. The Hall–Kier alpha value is -2.61. The minimum Gasteiger partial charge on any atom is -0.469 e. The molecule has 0 unspecified atom stereocenters. The van der Waals surface area contributed by atoms with Crippen molar-refractivity contribution in [3.05, 3.63) is 36.0 Å². The van der Waals surface area contributed by atoms with Crippen molar-refractivity contribution in [1.82, 2.24) is 15.0 Å². The van der Waals surface area contributed by atoms with Gasteiger partial charge in [0.15, 0.2) is 5.82 Å². The van der Waals surface area contributed by atoms with E-state index in [1.807, 2.05) is 21.9 Å². The molecule has 3 rings (SSSR count). The van der Waals surface area contributed by atoms with E-state index in [9.17, 15) is 9.59 Å². The number of aryl methyl sites for hydroxylation is 2. The summed E-state index contributed by atoms with van der Waals surface area (Å²) in [6.07, 6.45) is 2.68. The molecule has 1 aliphatic heterocycles. The average molecular weight is 346 g/mol. The van der Waals surface area contributed by atoms with Crippen LogP contribution >= 0.6 is 0 Å². The lowest BCUT2D eigenvalue weighted by Crippen LogP contribution is -2.50. The second-order valence-electron chi connectivity index (χ2n) is 6.11. The maximum atomic E-state index is 12.2. The second kappa shape index (κ2) is 7.98. The molecule has 2 amide bonds. The molecule has 3 heterocycles. The number of carbonyl (C=O) groups is 2. The molecule has 1 aliphatic rings. The maximum absolute atomic E-state index is 12.2. The van der Waals surface area contributed by atoms with Gasteiger partial charge in [-0.15, -0.1) is 0 Å². The first-order valence-electron chi connectivity index (χ1n) is 8.36. The first kappa shape index (κ1) is 17.2. The van der Waals surface area contributed by atoms with Gasteiger partial charge >= 0.3 is 0 Å². The summed E-state index contributed by atoms with van der Waals surface area (Å²) in [7, 11) is 0. The van der Waals surface area contributed by atoms with Crippen LogP contribution in [0.25, 0.3) is 0 Å². The number of anilines is 1. The van der Waals surface area contributed by atoms with Gasteiger partial charge in [0.25, 0.3) is 0 Å². The predicted molar refractivity (Wildman–Crippen MR) is 89.9 cm³/mol. The van der Waals surface area contributed by atoms with Gasteiger partial charge in [0, 0.05) is 45.1 Å². The molecule has 1 saturated heterocycles. The number of furan rings is 1. The van der Waals surface area contributed by atoms with E-state index in [0.717, 1.165) is 5.76 Å². The minimum atomic E-state index is -0.133. The van der Waals surface area contributed by atoms with E-state index in [2.05, 4.69) is 10.5 Å². The summed E-state index contributed by atoms with van der Waals surface area (Å²) in [5, 5.41) is 6.44. The SMILES string of the molecule is Cc1cc(NC(=O)CN2CCN(C(=O)CCc3ccco3)CC2)no1. The lowest BCUT2D eigenvalue weighted by atomic mass is 10.2. The zero-order chi connectivity index (χ0) is 17.6. The standard InChI is InChI=1S/C17H22N4O4/c1-13-11-15(19-25-13)18-16(22)12-20-6-8-21(9-7-20)17(23)5-4-14-3-2-10-24-14/h2-3,10-11H,4-9,12H2,1H3,(H,18,19,22). The van der Waals surface area contributed by atoms with Gasteiger partial charge in [0.2, 0.25) is 11.8 Å². The fraction of sp³-hybridized carbons (Fsp3) is 0.471. The number of aromatic nitrogens is 1. The largest absolute Gasteiger partial charge is 0.469 e. The molecule has 2 aromatic heterocycles. The van der Waals surface area contributed by atoms with Gasteiger partial charge in [-0.1, -0.05) is 5.16 Å². The summed E-state index contributed by atoms with van der Waals surface area (Å²) in [5.74, 6) is 1.89. The third-order valence-electron chi connectivity index (χ3n) is 4.15. The number of nitrogens with zero attached hydrogens (tertiary/aromatic N) is 3. The lowest BCUT2D eigenvalue weighted by Gasteiger charge is -2.34. The third-order valence-corrected chi connectivity index (χ3v) is 4.15. The van der Waals surface area contributed by atoms with Crippen molar-refractivity contribution in [3.8, 4) is 0 Å². The monoisotopic (exact) mass is 346 g/mol. The van der Waals surface area contributed by atoms with Crippen LogP contribution in [0.3, 0.4) is 0 Å². The zero-order valence-electron chi connectivity index (χ0n) is 14.2. The Bertz CT molecular complexity index is 702. The Morgan fingerprint density at radius 3 is 2.72 bits per heavy atom. The zero-order valence-corrected chi connectivity index (χ0v) is 14.2. The van der Waals surface area contributed by atoms with Crippen molar-refractivity contribution in [1.29, 1.82) is 0 Å². The fourth-order valence-corrected chi connectivity index (χ4v) is 2.81. The molecule has 0 aromatic carbocycles. The number of rotatable bonds is 6. The number of amides is 2. The maximum Gasteiger partial charge on any atom is 0.239 e. The van der Waals surface area contributed by atoms with E-state index in [1.54, 1.807) is 19.3 Å². The Balaban J connectivity index is 1.37. The molecular weight excluding hydrogens is 324 g/mol. The van der Waals surface area contributed by atoms with Gasteiger partial charge in [-0.2, -0.15) is 0 Å². The highest BCUT2D eigenvalue weighted by atomic mass is 16.5. The van der Waals surface area contributed by atoms with Crippen molar-refractivity contribution in [2.75, 3.05) is 38.0 Å². The van der Waals surface area contributed by atoms with E-state index in [-0.39, 0.29) is 18.4 Å². The van der Waals surface area contributed by atoms with Crippen molar-refractivity contribution in [2.45, 2.75) is 19.8 Å². The summed E-state index contributed by atoms with van der Waals surface area (Å²) in [6, 6.07) is 5.37. The smallest absolute Gasteiger partial charge is 0.239 e. The van der Waals surface area contributed by atoms with Crippen LogP contribution in [-0.4, -0.2) is 59.5 Å². The predicted octanol–water partition coefficient (Wildman–Crippen LogP) is 1.29. The van der Waals surface area contributed by atoms with Gasteiger partial charge in [-0.3, -0.25) is 14.5 Å². The summed E-state index contributed by atoms with van der Waals surface area (Å²) in [6.45, 7) is 4.67. The van der Waals surface area contributed by atoms with Crippen LogP contribution in [0.4, 0.5) is 5.82 Å². The van der Waals surface area contributed by atoms with Gasteiger partial charge < -0.3 is 19.2 Å². The third kappa shape index (κ3) is 4.93. The fourth-order valence-electron chi connectivity index (χ4n) is 2.81. The van der Waals surface area contributed by atoms with Crippen molar-refractivity contribution in [3.63, 3.8) is 0 Å². The number of hydrogen-bond acceptors (Lipinski definition) is 6. The molecule has 1 N–H and O–H groups in total. The Labute approximate surface area is 145 Å². The summed E-state index contributed by atoms with van der Waals surface area (Å²) >= 11 is 0. The van der Waals surface area contributed by atoms with E-state index in [0.29, 0.717) is 50.6 Å². The van der Waals surface area contributed by atoms with E-state index >= 15 is 0 Å². The van der Waals surface area contributed by atoms with Gasteiger partial charge in [0.05, 0.1) is 12.8 Å². The second-order valence-corrected chi connectivity index (χ2v) is 6.11. The average Bonchev–Trinajstić information content (AvgIpc) is 3.25.